The first-order valence-electron chi connectivity index (χ1n) is 10.6. The summed E-state index contributed by atoms with van der Waals surface area (Å²) in [6, 6.07) is 9.57. The average Bonchev–Trinajstić information content (AvgIpc) is 2.69. The van der Waals surface area contributed by atoms with Crippen LogP contribution in [-0.4, -0.2) is 12.7 Å². The van der Waals surface area contributed by atoms with Crippen LogP contribution in [0.3, 0.4) is 0 Å². The maximum Gasteiger partial charge on any atom is 0.0753 e. The zero-order valence-corrected chi connectivity index (χ0v) is 16.1. The van der Waals surface area contributed by atoms with E-state index in [-0.39, 0.29) is 0 Å². The number of unbranched alkanes of at least 4 members (excludes halogenated alkanes) is 2. The SMILES string of the molecule is C=CC1CCC(C2CCC(c3ccc(CCCCC)cc3)CC2)CO1. The van der Waals surface area contributed by atoms with Crippen LogP contribution < -0.4 is 0 Å². The first kappa shape index (κ1) is 18.7. The largest absolute Gasteiger partial charge is 0.374 e. The van der Waals surface area contributed by atoms with Crippen molar-refractivity contribution < 1.29 is 4.74 Å². The van der Waals surface area contributed by atoms with E-state index < -0.39 is 0 Å². The number of benzene rings is 1. The summed E-state index contributed by atoms with van der Waals surface area (Å²) in [4.78, 5) is 0. The molecule has 0 radical (unpaired) electrons. The molecule has 1 saturated heterocycles. The molecule has 1 nitrogen and oxygen atoms in total. The monoisotopic (exact) mass is 340 g/mol. The predicted octanol–water partition coefficient (Wildman–Crippen LogP) is 6.67. The Balaban J connectivity index is 1.45. The molecule has 2 unspecified atom stereocenters. The molecule has 1 aromatic rings. The number of hydrogen-bond acceptors (Lipinski definition) is 1. The van der Waals surface area contributed by atoms with Gasteiger partial charge in [0.25, 0.3) is 0 Å². The van der Waals surface area contributed by atoms with Crippen LogP contribution in [0.15, 0.2) is 36.9 Å². The average molecular weight is 341 g/mol. The Hall–Kier alpha value is -1.08. The van der Waals surface area contributed by atoms with E-state index in [1.807, 2.05) is 6.08 Å². The van der Waals surface area contributed by atoms with Crippen molar-refractivity contribution in [1.29, 1.82) is 0 Å². The molecule has 2 fully saturated rings. The van der Waals surface area contributed by atoms with Gasteiger partial charge in [0.1, 0.15) is 0 Å². The lowest BCUT2D eigenvalue weighted by Crippen LogP contribution is -2.31. The lowest BCUT2D eigenvalue weighted by molar-refractivity contribution is -0.0147. The summed E-state index contributed by atoms with van der Waals surface area (Å²) in [5.41, 5.74) is 3.09. The second-order valence-electron chi connectivity index (χ2n) is 8.26. The van der Waals surface area contributed by atoms with Crippen LogP contribution in [0, 0.1) is 11.8 Å². The van der Waals surface area contributed by atoms with Gasteiger partial charge in [0.05, 0.1) is 12.7 Å². The van der Waals surface area contributed by atoms with E-state index in [2.05, 4.69) is 37.8 Å². The summed E-state index contributed by atoms with van der Waals surface area (Å²) in [5, 5.41) is 0. The summed E-state index contributed by atoms with van der Waals surface area (Å²) in [6.07, 6.45) is 15.5. The van der Waals surface area contributed by atoms with Gasteiger partial charge in [0.15, 0.2) is 0 Å². The second-order valence-corrected chi connectivity index (χ2v) is 8.26. The number of hydrogen-bond donors (Lipinski definition) is 0. The molecule has 1 aromatic carbocycles. The van der Waals surface area contributed by atoms with E-state index in [1.165, 1.54) is 69.8 Å². The van der Waals surface area contributed by atoms with E-state index in [0.717, 1.165) is 24.4 Å². The van der Waals surface area contributed by atoms with Gasteiger partial charge >= 0.3 is 0 Å². The van der Waals surface area contributed by atoms with Gasteiger partial charge in [-0.25, -0.2) is 0 Å². The molecule has 0 spiro atoms. The molecular formula is C24H36O. The minimum absolute atomic E-state index is 0.309. The Bertz CT molecular complexity index is 501. The van der Waals surface area contributed by atoms with E-state index in [0.29, 0.717) is 6.10 Å². The maximum absolute atomic E-state index is 5.94. The van der Waals surface area contributed by atoms with Gasteiger partial charge < -0.3 is 4.74 Å². The van der Waals surface area contributed by atoms with Crippen LogP contribution >= 0.6 is 0 Å². The highest BCUT2D eigenvalue weighted by atomic mass is 16.5. The molecule has 1 heterocycles. The molecule has 0 aromatic heterocycles. The van der Waals surface area contributed by atoms with Crippen molar-refractivity contribution in [2.75, 3.05) is 6.61 Å². The highest BCUT2D eigenvalue weighted by Gasteiger charge is 2.31. The molecule has 1 aliphatic heterocycles. The summed E-state index contributed by atoms with van der Waals surface area (Å²) in [6.45, 7) is 7.10. The molecule has 0 bridgehead atoms. The molecule has 25 heavy (non-hydrogen) atoms. The molecular weight excluding hydrogens is 304 g/mol. The minimum Gasteiger partial charge on any atom is -0.374 e. The smallest absolute Gasteiger partial charge is 0.0753 e. The van der Waals surface area contributed by atoms with Crippen LogP contribution in [0.5, 0.6) is 0 Å². The van der Waals surface area contributed by atoms with Gasteiger partial charge in [-0.1, -0.05) is 50.1 Å². The Morgan fingerprint density at radius 1 is 0.960 bits per heavy atom. The number of ether oxygens (including phenoxy) is 1. The van der Waals surface area contributed by atoms with Crippen LogP contribution in [0.4, 0.5) is 0 Å². The Morgan fingerprint density at radius 3 is 2.28 bits per heavy atom. The fourth-order valence-electron chi connectivity index (χ4n) is 4.81. The summed E-state index contributed by atoms with van der Waals surface area (Å²) >= 11 is 0. The van der Waals surface area contributed by atoms with Crippen LogP contribution in [-0.2, 0) is 11.2 Å². The minimum atomic E-state index is 0.309. The third kappa shape index (κ3) is 5.20. The standard InChI is InChI=1S/C24H36O/c1-3-5-6-7-19-8-10-20(11-9-19)21-12-14-22(15-13-21)23-16-17-24(4-2)25-18-23/h4,8-11,21-24H,2-3,5-7,12-18H2,1H3. The molecule has 2 atom stereocenters. The molecule has 3 rings (SSSR count). The van der Waals surface area contributed by atoms with Crippen LogP contribution in [0.25, 0.3) is 0 Å². The van der Waals surface area contributed by atoms with Gasteiger partial charge in [0.2, 0.25) is 0 Å². The summed E-state index contributed by atoms with van der Waals surface area (Å²) < 4.78 is 5.94. The maximum atomic E-state index is 5.94. The number of rotatable bonds is 7. The zero-order valence-electron chi connectivity index (χ0n) is 16.1. The number of aryl methyl sites for hydroxylation is 1. The Kier molecular flexibility index (Phi) is 7.16. The van der Waals surface area contributed by atoms with Gasteiger partial charge in [-0.05, 0) is 80.2 Å². The first-order valence-corrected chi connectivity index (χ1v) is 10.6. The quantitative estimate of drug-likeness (QED) is 0.397. The third-order valence-electron chi connectivity index (χ3n) is 6.57. The second kappa shape index (κ2) is 9.57. The van der Waals surface area contributed by atoms with Crippen molar-refractivity contribution in [1.82, 2.24) is 0 Å². The van der Waals surface area contributed by atoms with Gasteiger partial charge in [-0.3, -0.25) is 0 Å². The highest BCUT2D eigenvalue weighted by Crippen LogP contribution is 2.41. The third-order valence-corrected chi connectivity index (χ3v) is 6.57. The summed E-state index contributed by atoms with van der Waals surface area (Å²) in [5.74, 6) is 2.46. The van der Waals surface area contributed by atoms with E-state index in [9.17, 15) is 0 Å². The first-order chi connectivity index (χ1) is 12.3. The Morgan fingerprint density at radius 2 is 1.68 bits per heavy atom. The topological polar surface area (TPSA) is 9.23 Å². The molecule has 2 aliphatic rings. The van der Waals surface area contributed by atoms with Crippen molar-refractivity contribution in [3.63, 3.8) is 0 Å². The fraction of sp³-hybridized carbons (Fsp3) is 0.667. The molecule has 1 aliphatic carbocycles. The van der Waals surface area contributed by atoms with Gasteiger partial charge in [0, 0.05) is 0 Å². The lowest BCUT2D eigenvalue weighted by Gasteiger charge is -2.37. The van der Waals surface area contributed by atoms with Crippen molar-refractivity contribution in [3.8, 4) is 0 Å². The molecule has 1 heteroatoms. The van der Waals surface area contributed by atoms with E-state index in [4.69, 9.17) is 4.74 Å². The van der Waals surface area contributed by atoms with E-state index in [1.54, 1.807) is 5.56 Å². The summed E-state index contributed by atoms with van der Waals surface area (Å²) in [7, 11) is 0. The van der Waals surface area contributed by atoms with Gasteiger partial charge in [-0.2, -0.15) is 0 Å². The fourth-order valence-corrected chi connectivity index (χ4v) is 4.81. The van der Waals surface area contributed by atoms with Crippen molar-refractivity contribution in [2.24, 2.45) is 11.8 Å². The van der Waals surface area contributed by atoms with Crippen molar-refractivity contribution in [3.05, 3.63) is 48.0 Å². The van der Waals surface area contributed by atoms with Crippen LogP contribution in [0.2, 0.25) is 0 Å². The molecule has 0 N–H and O–H groups in total. The lowest BCUT2D eigenvalue weighted by atomic mass is 9.72. The van der Waals surface area contributed by atoms with Gasteiger partial charge in [-0.15, -0.1) is 6.58 Å². The normalized spacial score (nSPS) is 30.1. The van der Waals surface area contributed by atoms with Crippen molar-refractivity contribution >= 4 is 0 Å². The predicted molar refractivity (Wildman–Crippen MR) is 107 cm³/mol. The molecule has 0 amide bonds. The molecule has 138 valence electrons. The van der Waals surface area contributed by atoms with Crippen molar-refractivity contribution in [2.45, 2.75) is 83.2 Å². The Labute approximate surface area is 154 Å². The highest BCUT2D eigenvalue weighted by molar-refractivity contribution is 5.26. The zero-order chi connectivity index (χ0) is 17.5. The van der Waals surface area contributed by atoms with Crippen LogP contribution in [0.1, 0.15) is 81.8 Å². The molecule has 1 saturated carbocycles. The van der Waals surface area contributed by atoms with E-state index >= 15 is 0 Å².